The lowest BCUT2D eigenvalue weighted by Gasteiger charge is -2.16. The van der Waals surface area contributed by atoms with Crippen molar-refractivity contribution in [2.45, 2.75) is 25.4 Å². The van der Waals surface area contributed by atoms with E-state index in [0.29, 0.717) is 12.4 Å². The van der Waals surface area contributed by atoms with Crippen LogP contribution in [-0.4, -0.2) is 12.6 Å². The first-order valence-electron chi connectivity index (χ1n) is 4.25. The summed E-state index contributed by atoms with van der Waals surface area (Å²) in [6.07, 6.45) is 5.68. The van der Waals surface area contributed by atoms with Gasteiger partial charge in [-0.15, -0.1) is 0 Å². The Balaban J connectivity index is 2.09. The summed E-state index contributed by atoms with van der Waals surface area (Å²) in [4.78, 5) is 10.2. The first-order chi connectivity index (χ1) is 5.79. The molecule has 0 saturated heterocycles. The minimum absolute atomic E-state index is 0.141. The summed E-state index contributed by atoms with van der Waals surface area (Å²) in [6.45, 7) is 0.576. The molecule has 2 bridgehead atoms. The molecule has 2 aliphatic rings. The number of rotatable bonds is 2. The van der Waals surface area contributed by atoms with Gasteiger partial charge in [0, 0.05) is 5.92 Å². The van der Waals surface area contributed by atoms with Gasteiger partial charge < -0.3 is 4.74 Å². The Labute approximate surface area is 80.1 Å². The smallest absolute Gasteiger partial charge is 0.293 e. The number of hydrogen-bond acceptors (Lipinski definition) is 2. The van der Waals surface area contributed by atoms with Crippen LogP contribution in [0, 0.1) is 11.8 Å². The molecule has 3 heteroatoms. The molecule has 12 heavy (non-hydrogen) atoms. The van der Waals surface area contributed by atoms with Crippen molar-refractivity contribution in [2.24, 2.45) is 11.8 Å². The van der Waals surface area contributed by atoms with Gasteiger partial charge in [0.05, 0.1) is 0 Å². The van der Waals surface area contributed by atoms with E-state index in [2.05, 4.69) is 22.0 Å². The van der Waals surface area contributed by atoms with E-state index < -0.39 is 0 Å². The van der Waals surface area contributed by atoms with Crippen molar-refractivity contribution in [1.82, 2.24) is 0 Å². The second kappa shape index (κ2) is 3.21. The fourth-order valence-electron chi connectivity index (χ4n) is 2.28. The SMILES string of the molecule is O=CO[C@H]1C[C@H]2CC(Br)=C[C@H]1C2. The van der Waals surface area contributed by atoms with Crippen molar-refractivity contribution in [3.05, 3.63) is 10.6 Å². The summed E-state index contributed by atoms with van der Waals surface area (Å²) in [5, 5.41) is 0. The van der Waals surface area contributed by atoms with Crippen molar-refractivity contribution in [3.63, 3.8) is 0 Å². The van der Waals surface area contributed by atoms with Crippen LogP contribution >= 0.6 is 15.9 Å². The Hall–Kier alpha value is -0.310. The molecular weight excluding hydrogens is 220 g/mol. The van der Waals surface area contributed by atoms with E-state index in [1.165, 1.54) is 10.9 Å². The van der Waals surface area contributed by atoms with Gasteiger partial charge in [-0.05, 0) is 29.7 Å². The van der Waals surface area contributed by atoms with Crippen LogP contribution in [0.25, 0.3) is 0 Å². The largest absolute Gasteiger partial charge is 0.464 e. The first-order valence-corrected chi connectivity index (χ1v) is 5.04. The summed E-state index contributed by atoms with van der Waals surface area (Å²) in [6, 6.07) is 0. The number of allylic oxidation sites excluding steroid dienone is 1. The number of hydrogen-bond donors (Lipinski definition) is 0. The summed E-state index contributed by atoms with van der Waals surface area (Å²) in [7, 11) is 0. The second-order valence-corrected chi connectivity index (χ2v) is 4.61. The van der Waals surface area contributed by atoms with E-state index in [1.807, 2.05) is 0 Å². The van der Waals surface area contributed by atoms with Gasteiger partial charge >= 0.3 is 0 Å². The maximum absolute atomic E-state index is 10.2. The average Bonchev–Trinajstić information content (AvgIpc) is 2.28. The Morgan fingerprint density at radius 3 is 3.17 bits per heavy atom. The fraction of sp³-hybridized carbons (Fsp3) is 0.667. The van der Waals surface area contributed by atoms with Crippen LogP contribution in [0.15, 0.2) is 10.6 Å². The second-order valence-electron chi connectivity index (χ2n) is 3.59. The average molecular weight is 231 g/mol. The van der Waals surface area contributed by atoms with Crippen LogP contribution in [0.2, 0.25) is 0 Å². The van der Waals surface area contributed by atoms with Gasteiger partial charge in [0.25, 0.3) is 6.47 Å². The molecule has 0 spiro atoms. The van der Waals surface area contributed by atoms with Crippen LogP contribution in [0.3, 0.4) is 0 Å². The number of ether oxygens (including phenoxy) is 1. The highest BCUT2D eigenvalue weighted by Gasteiger charge is 2.37. The highest BCUT2D eigenvalue weighted by molar-refractivity contribution is 9.11. The van der Waals surface area contributed by atoms with Gasteiger partial charge in [-0.1, -0.05) is 22.0 Å². The van der Waals surface area contributed by atoms with Crippen LogP contribution in [0.4, 0.5) is 0 Å². The Morgan fingerprint density at radius 2 is 2.42 bits per heavy atom. The van der Waals surface area contributed by atoms with Gasteiger partial charge in [-0.2, -0.15) is 0 Å². The predicted molar refractivity (Wildman–Crippen MR) is 48.8 cm³/mol. The molecular formula is C9H11BrO2. The zero-order valence-electron chi connectivity index (χ0n) is 6.70. The third kappa shape index (κ3) is 1.42. The fourth-order valence-corrected chi connectivity index (χ4v) is 3.08. The number of carbonyl (C=O) groups excluding carboxylic acids is 1. The lowest BCUT2D eigenvalue weighted by atomic mass is 9.95. The van der Waals surface area contributed by atoms with Gasteiger partial charge in [-0.3, -0.25) is 4.79 Å². The Morgan fingerprint density at radius 1 is 1.58 bits per heavy atom. The lowest BCUT2D eigenvalue weighted by Crippen LogP contribution is -2.15. The molecule has 3 atom stereocenters. The zero-order chi connectivity index (χ0) is 8.55. The highest BCUT2D eigenvalue weighted by Crippen LogP contribution is 2.43. The van der Waals surface area contributed by atoms with Crippen LogP contribution in [0.5, 0.6) is 0 Å². The summed E-state index contributed by atoms with van der Waals surface area (Å²) >= 11 is 3.50. The maximum Gasteiger partial charge on any atom is 0.293 e. The summed E-state index contributed by atoms with van der Waals surface area (Å²) < 4.78 is 6.30. The maximum atomic E-state index is 10.2. The molecule has 0 aliphatic heterocycles. The van der Waals surface area contributed by atoms with Gasteiger partial charge in [0.2, 0.25) is 0 Å². The Kier molecular flexibility index (Phi) is 2.22. The molecule has 2 nitrogen and oxygen atoms in total. The predicted octanol–water partition coefficient (Wildman–Crippen LogP) is 2.24. The van der Waals surface area contributed by atoms with Crippen LogP contribution < -0.4 is 0 Å². The minimum Gasteiger partial charge on any atom is -0.464 e. The quantitative estimate of drug-likeness (QED) is 0.681. The van der Waals surface area contributed by atoms with E-state index in [0.717, 1.165) is 18.8 Å². The monoisotopic (exact) mass is 230 g/mol. The van der Waals surface area contributed by atoms with E-state index in [4.69, 9.17) is 4.74 Å². The van der Waals surface area contributed by atoms with Gasteiger partial charge in [0.1, 0.15) is 6.10 Å². The molecule has 0 N–H and O–H groups in total. The molecule has 0 radical (unpaired) electrons. The van der Waals surface area contributed by atoms with E-state index in [1.54, 1.807) is 0 Å². The standard InChI is InChI=1S/C9H11BrO2/c10-8-2-6-1-7(4-8)9(3-6)12-5-11/h4-7,9H,1-3H2/t6-,7-,9+/m1/s1. The topological polar surface area (TPSA) is 26.3 Å². The van der Waals surface area contributed by atoms with Crippen LogP contribution in [-0.2, 0) is 9.53 Å². The molecule has 1 saturated carbocycles. The summed E-state index contributed by atoms with van der Waals surface area (Å²) in [5.74, 6) is 1.18. The summed E-state index contributed by atoms with van der Waals surface area (Å²) in [5.41, 5.74) is 0. The third-order valence-electron chi connectivity index (χ3n) is 2.76. The van der Waals surface area contributed by atoms with Crippen molar-refractivity contribution in [1.29, 1.82) is 0 Å². The van der Waals surface area contributed by atoms with Crippen molar-refractivity contribution in [3.8, 4) is 0 Å². The molecule has 0 heterocycles. The van der Waals surface area contributed by atoms with Gasteiger partial charge in [0.15, 0.2) is 0 Å². The number of halogens is 1. The zero-order valence-corrected chi connectivity index (χ0v) is 8.29. The molecule has 0 amide bonds. The van der Waals surface area contributed by atoms with E-state index in [9.17, 15) is 4.79 Å². The van der Waals surface area contributed by atoms with Crippen molar-refractivity contribution in [2.75, 3.05) is 0 Å². The molecule has 66 valence electrons. The number of fused-ring (bicyclic) bond motifs is 2. The van der Waals surface area contributed by atoms with Gasteiger partial charge in [-0.25, -0.2) is 0 Å². The normalized spacial score (nSPS) is 39.1. The molecule has 0 aromatic heterocycles. The molecule has 0 aromatic carbocycles. The minimum atomic E-state index is 0.141. The first kappa shape index (κ1) is 8.30. The molecule has 2 aliphatic carbocycles. The van der Waals surface area contributed by atoms with Crippen molar-refractivity contribution < 1.29 is 9.53 Å². The van der Waals surface area contributed by atoms with E-state index in [-0.39, 0.29) is 6.10 Å². The molecule has 1 fully saturated rings. The Bertz CT molecular complexity index is 225. The number of carbonyl (C=O) groups is 1. The van der Waals surface area contributed by atoms with Crippen molar-refractivity contribution >= 4 is 22.4 Å². The third-order valence-corrected chi connectivity index (χ3v) is 3.35. The highest BCUT2D eigenvalue weighted by atomic mass is 79.9. The van der Waals surface area contributed by atoms with Crippen LogP contribution in [0.1, 0.15) is 19.3 Å². The lowest BCUT2D eigenvalue weighted by molar-refractivity contribution is -0.134. The molecule has 0 aromatic rings. The molecule has 2 rings (SSSR count). The van der Waals surface area contributed by atoms with E-state index >= 15 is 0 Å². The molecule has 0 unspecified atom stereocenters.